The quantitative estimate of drug-likeness (QED) is 0.701. The van der Waals surface area contributed by atoms with Crippen LogP contribution in [0.15, 0.2) is 18.3 Å². The maximum atomic E-state index is 12.1. The molecule has 1 aliphatic heterocycles. The topological polar surface area (TPSA) is 81.3 Å². The first-order valence-corrected chi connectivity index (χ1v) is 12.4. The average Bonchev–Trinajstić information content (AvgIpc) is 3.28. The molecule has 1 aromatic heterocycles. The average molecular weight is 428 g/mol. The molecule has 160 valence electrons. The fourth-order valence-electron chi connectivity index (χ4n) is 4.57. The number of benzene rings is 1. The lowest BCUT2D eigenvalue weighted by atomic mass is 9.78. The third-order valence-electron chi connectivity index (χ3n) is 7.19. The van der Waals surface area contributed by atoms with E-state index in [1.165, 1.54) is 6.26 Å². The summed E-state index contributed by atoms with van der Waals surface area (Å²) in [5.74, 6) is 0. The van der Waals surface area contributed by atoms with Crippen LogP contribution in [-0.4, -0.2) is 42.8 Å². The van der Waals surface area contributed by atoms with Crippen molar-refractivity contribution in [3.05, 3.63) is 29.5 Å². The summed E-state index contributed by atoms with van der Waals surface area (Å²) in [4.78, 5) is 0. The second-order valence-electron chi connectivity index (χ2n) is 9.79. The Bertz CT molecular complexity index is 1140. The molecule has 0 radical (unpaired) electrons. The molecule has 1 aliphatic carbocycles. The SMILES string of the molecule is Cc1cc2c(cc1C#N)c(B1OC(C)(C)C(C)(C)O1)cn2[C@@H]1CC[C@@H](S(C)(=O)=O)C1. The summed E-state index contributed by atoms with van der Waals surface area (Å²) in [6.07, 6.45) is 5.45. The molecule has 4 rings (SSSR count). The van der Waals surface area contributed by atoms with Crippen molar-refractivity contribution in [1.82, 2.24) is 4.57 Å². The van der Waals surface area contributed by atoms with Crippen LogP contribution in [0.1, 0.15) is 64.1 Å². The van der Waals surface area contributed by atoms with E-state index in [1.54, 1.807) is 0 Å². The Morgan fingerprint density at radius 3 is 2.33 bits per heavy atom. The fourth-order valence-corrected chi connectivity index (χ4v) is 5.70. The summed E-state index contributed by atoms with van der Waals surface area (Å²) in [7, 11) is -3.60. The molecule has 0 bridgehead atoms. The first-order chi connectivity index (χ1) is 13.8. The molecule has 8 heteroatoms. The monoisotopic (exact) mass is 428 g/mol. The van der Waals surface area contributed by atoms with Crippen LogP contribution < -0.4 is 5.46 Å². The standard InChI is InChI=1S/C22H29BN2O4S/c1-14-9-20-18(10-15(14)12-24)19(23-28-21(2,3)22(4,5)29-23)13-25(20)16-7-8-17(11-16)30(6,26)27/h9-10,13,16-17H,7-8,11H2,1-6H3/t16-,17-/m1/s1. The summed E-state index contributed by atoms with van der Waals surface area (Å²) >= 11 is 0. The zero-order chi connectivity index (χ0) is 22.1. The Kier molecular flexibility index (Phi) is 4.89. The van der Waals surface area contributed by atoms with E-state index in [1.807, 2.05) is 52.9 Å². The Balaban J connectivity index is 1.83. The lowest BCUT2D eigenvalue weighted by Crippen LogP contribution is -2.41. The second kappa shape index (κ2) is 6.84. The van der Waals surface area contributed by atoms with Gasteiger partial charge in [-0.25, -0.2) is 8.42 Å². The summed E-state index contributed by atoms with van der Waals surface area (Å²) in [6.45, 7) is 10.0. The molecule has 30 heavy (non-hydrogen) atoms. The van der Waals surface area contributed by atoms with E-state index >= 15 is 0 Å². The van der Waals surface area contributed by atoms with Gasteiger partial charge in [0, 0.05) is 34.9 Å². The van der Waals surface area contributed by atoms with Crippen molar-refractivity contribution in [2.45, 2.75) is 76.4 Å². The number of nitriles is 1. The van der Waals surface area contributed by atoms with Gasteiger partial charge in [0.05, 0.1) is 28.1 Å². The molecule has 0 amide bonds. The molecule has 0 spiro atoms. The molecule has 2 aliphatic rings. The number of hydrogen-bond donors (Lipinski definition) is 0. The van der Waals surface area contributed by atoms with Gasteiger partial charge >= 0.3 is 7.12 Å². The first kappa shape index (κ1) is 21.4. The van der Waals surface area contributed by atoms with Gasteiger partial charge in [-0.05, 0) is 71.6 Å². The van der Waals surface area contributed by atoms with Crippen molar-refractivity contribution in [2.24, 2.45) is 0 Å². The van der Waals surface area contributed by atoms with E-state index in [0.29, 0.717) is 18.4 Å². The minimum absolute atomic E-state index is 0.0933. The predicted molar refractivity (Wildman–Crippen MR) is 119 cm³/mol. The first-order valence-electron chi connectivity index (χ1n) is 10.4. The number of rotatable bonds is 3. The molecule has 6 nitrogen and oxygen atoms in total. The minimum atomic E-state index is -3.06. The normalized spacial score (nSPS) is 25.7. The number of nitrogens with zero attached hydrogens (tertiary/aromatic N) is 2. The molecule has 2 atom stereocenters. The molecular formula is C22H29BN2O4S. The van der Waals surface area contributed by atoms with Crippen LogP contribution in [0, 0.1) is 18.3 Å². The third kappa shape index (κ3) is 3.37. The third-order valence-corrected chi connectivity index (χ3v) is 8.83. The summed E-state index contributed by atoms with van der Waals surface area (Å²) in [6, 6.07) is 6.30. The van der Waals surface area contributed by atoms with Crippen molar-refractivity contribution >= 4 is 33.3 Å². The van der Waals surface area contributed by atoms with Gasteiger partial charge in [0.2, 0.25) is 0 Å². The van der Waals surface area contributed by atoms with E-state index in [2.05, 4.69) is 10.6 Å². The minimum Gasteiger partial charge on any atom is -0.399 e. The second-order valence-corrected chi connectivity index (χ2v) is 12.1. The van der Waals surface area contributed by atoms with Crippen molar-refractivity contribution in [1.29, 1.82) is 5.26 Å². The number of fused-ring (bicyclic) bond motifs is 1. The molecular weight excluding hydrogens is 399 g/mol. The highest BCUT2D eigenvalue weighted by molar-refractivity contribution is 7.91. The highest BCUT2D eigenvalue weighted by atomic mass is 32.2. The van der Waals surface area contributed by atoms with E-state index in [0.717, 1.165) is 28.4 Å². The van der Waals surface area contributed by atoms with E-state index < -0.39 is 28.2 Å². The molecule has 1 aromatic carbocycles. The van der Waals surface area contributed by atoms with Gasteiger partial charge in [-0.2, -0.15) is 5.26 Å². The van der Waals surface area contributed by atoms with Gasteiger partial charge < -0.3 is 13.9 Å². The largest absolute Gasteiger partial charge is 0.497 e. The van der Waals surface area contributed by atoms with Gasteiger partial charge in [0.1, 0.15) is 9.84 Å². The zero-order valence-electron chi connectivity index (χ0n) is 18.5. The van der Waals surface area contributed by atoms with E-state index in [4.69, 9.17) is 9.31 Å². The Hall–Kier alpha value is -1.82. The summed E-state index contributed by atoms with van der Waals surface area (Å²) in [5.41, 5.74) is 2.48. The molecule has 1 saturated heterocycles. The molecule has 2 aromatic rings. The highest BCUT2D eigenvalue weighted by Crippen LogP contribution is 2.39. The Morgan fingerprint density at radius 2 is 1.80 bits per heavy atom. The molecule has 1 saturated carbocycles. The van der Waals surface area contributed by atoms with Gasteiger partial charge in [-0.1, -0.05) is 0 Å². The van der Waals surface area contributed by atoms with Crippen LogP contribution >= 0.6 is 0 Å². The lowest BCUT2D eigenvalue weighted by molar-refractivity contribution is 0.00578. The van der Waals surface area contributed by atoms with E-state index in [9.17, 15) is 13.7 Å². The lowest BCUT2D eigenvalue weighted by Gasteiger charge is -2.32. The summed E-state index contributed by atoms with van der Waals surface area (Å²) in [5, 5.41) is 10.2. The predicted octanol–water partition coefficient (Wildman–Crippen LogP) is 3.26. The Morgan fingerprint density at radius 1 is 1.17 bits per heavy atom. The van der Waals surface area contributed by atoms with Gasteiger partial charge in [0.25, 0.3) is 0 Å². The van der Waals surface area contributed by atoms with Crippen molar-refractivity contribution < 1.29 is 17.7 Å². The van der Waals surface area contributed by atoms with Crippen LogP contribution in [0.5, 0.6) is 0 Å². The summed E-state index contributed by atoms with van der Waals surface area (Å²) < 4.78 is 38.9. The van der Waals surface area contributed by atoms with Crippen LogP contribution in [0.25, 0.3) is 10.9 Å². The van der Waals surface area contributed by atoms with Crippen molar-refractivity contribution in [3.63, 3.8) is 0 Å². The van der Waals surface area contributed by atoms with Crippen LogP contribution in [0.4, 0.5) is 0 Å². The molecule has 0 unspecified atom stereocenters. The smallest absolute Gasteiger partial charge is 0.399 e. The van der Waals surface area contributed by atoms with E-state index in [-0.39, 0.29) is 11.3 Å². The number of aryl methyl sites for hydroxylation is 1. The molecule has 0 N–H and O–H groups in total. The van der Waals surface area contributed by atoms with Crippen molar-refractivity contribution in [3.8, 4) is 6.07 Å². The van der Waals surface area contributed by atoms with Crippen LogP contribution in [0.2, 0.25) is 0 Å². The zero-order valence-corrected chi connectivity index (χ0v) is 19.3. The number of aromatic nitrogens is 1. The Labute approximate surface area is 179 Å². The van der Waals surface area contributed by atoms with Crippen molar-refractivity contribution in [2.75, 3.05) is 6.26 Å². The molecule has 2 fully saturated rings. The maximum absolute atomic E-state index is 12.1. The van der Waals surface area contributed by atoms with Crippen LogP contribution in [0.3, 0.4) is 0 Å². The number of sulfone groups is 1. The van der Waals surface area contributed by atoms with Gasteiger partial charge in [0.15, 0.2) is 0 Å². The van der Waals surface area contributed by atoms with Crippen LogP contribution in [-0.2, 0) is 19.1 Å². The maximum Gasteiger partial charge on any atom is 0.497 e. The van der Waals surface area contributed by atoms with Gasteiger partial charge in [-0.15, -0.1) is 0 Å². The van der Waals surface area contributed by atoms with Gasteiger partial charge in [-0.3, -0.25) is 0 Å². The molecule has 2 heterocycles. The fraction of sp³-hybridized carbons (Fsp3) is 0.591. The highest BCUT2D eigenvalue weighted by Gasteiger charge is 2.52. The number of hydrogen-bond acceptors (Lipinski definition) is 5.